The summed E-state index contributed by atoms with van der Waals surface area (Å²) < 4.78 is 5.45. The molecule has 0 bridgehead atoms. The van der Waals surface area contributed by atoms with Gasteiger partial charge in [0.2, 0.25) is 0 Å². The first kappa shape index (κ1) is 20.2. The largest absolute Gasteiger partial charge is 0.457 e. The van der Waals surface area contributed by atoms with Crippen molar-refractivity contribution in [2.45, 2.75) is 33.8 Å². The summed E-state index contributed by atoms with van der Waals surface area (Å²) in [6.07, 6.45) is 2.16. The second kappa shape index (κ2) is 9.54. The van der Waals surface area contributed by atoms with E-state index in [0.29, 0.717) is 12.0 Å². The molecule has 0 aliphatic carbocycles. The summed E-state index contributed by atoms with van der Waals surface area (Å²) in [5.41, 5.74) is 5.00. The molecule has 2 aromatic carbocycles. The number of carbonyl (C=O) groups is 1. The van der Waals surface area contributed by atoms with E-state index in [4.69, 9.17) is 10.00 Å². The number of aryl methyl sites for hydroxylation is 2. The molecule has 0 N–H and O–H groups in total. The van der Waals surface area contributed by atoms with E-state index in [-0.39, 0.29) is 12.6 Å². The third-order valence-corrected chi connectivity index (χ3v) is 4.33. The predicted octanol–water partition coefficient (Wildman–Crippen LogP) is 4.34. The molecule has 27 heavy (non-hydrogen) atoms. The molecular weight excluding hydrogens is 338 g/mol. The van der Waals surface area contributed by atoms with Gasteiger partial charge in [-0.25, -0.2) is 9.79 Å². The zero-order chi connectivity index (χ0) is 19.8. The lowest BCUT2D eigenvalue weighted by Crippen LogP contribution is -2.14. The van der Waals surface area contributed by atoms with Crippen LogP contribution in [-0.4, -0.2) is 30.8 Å². The number of hydrogen-bond donors (Lipinski definition) is 0. The number of benzene rings is 2. The van der Waals surface area contributed by atoms with Crippen molar-refractivity contribution in [1.29, 1.82) is 5.26 Å². The number of ether oxygens (including phenoxy) is 1. The van der Waals surface area contributed by atoms with Crippen molar-refractivity contribution < 1.29 is 9.53 Å². The van der Waals surface area contributed by atoms with Gasteiger partial charge in [0.25, 0.3) is 0 Å². The molecule has 0 heterocycles. The van der Waals surface area contributed by atoms with Crippen molar-refractivity contribution in [2.24, 2.45) is 4.99 Å². The second-order valence-corrected chi connectivity index (χ2v) is 6.50. The Balaban J connectivity index is 2.06. The van der Waals surface area contributed by atoms with Gasteiger partial charge in [-0.3, -0.25) is 0 Å². The predicted molar refractivity (Wildman–Crippen MR) is 107 cm³/mol. The molecule has 2 rings (SSSR count). The standard InChI is InChI=1S/C22H25N3O2/c1-5-25(4)15-24-21-13-16(2)20(12-17(21)3)22(26)27-14-19-8-6-18(7-9-19)10-11-23/h6-9,12-13,15H,5,10,14H2,1-4H3. The highest BCUT2D eigenvalue weighted by molar-refractivity contribution is 5.92. The molecule has 0 atom stereocenters. The second-order valence-electron chi connectivity index (χ2n) is 6.50. The monoisotopic (exact) mass is 363 g/mol. The Hall–Kier alpha value is -3.13. The van der Waals surface area contributed by atoms with Gasteiger partial charge in [-0.15, -0.1) is 0 Å². The van der Waals surface area contributed by atoms with Crippen LogP contribution in [-0.2, 0) is 17.8 Å². The summed E-state index contributed by atoms with van der Waals surface area (Å²) in [6.45, 7) is 6.95. The first-order valence-electron chi connectivity index (χ1n) is 8.92. The van der Waals surface area contributed by atoms with Crippen molar-refractivity contribution in [3.05, 3.63) is 64.2 Å². The normalized spacial score (nSPS) is 10.6. The molecule has 0 spiro atoms. The number of aliphatic imine (C=N–C) groups is 1. The molecular formula is C22H25N3O2. The van der Waals surface area contributed by atoms with Gasteiger partial charge in [0.1, 0.15) is 6.61 Å². The molecule has 0 radical (unpaired) electrons. The fourth-order valence-corrected chi connectivity index (χ4v) is 2.47. The van der Waals surface area contributed by atoms with Crippen LogP contribution in [0.1, 0.15) is 39.5 Å². The van der Waals surface area contributed by atoms with E-state index in [1.54, 1.807) is 6.34 Å². The Bertz CT molecular complexity index is 864. The van der Waals surface area contributed by atoms with Crippen LogP contribution in [0, 0.1) is 25.2 Å². The fraction of sp³-hybridized carbons (Fsp3) is 0.318. The van der Waals surface area contributed by atoms with Gasteiger partial charge in [-0.2, -0.15) is 5.26 Å². The Kier molecular flexibility index (Phi) is 7.13. The van der Waals surface area contributed by atoms with Gasteiger partial charge in [-0.1, -0.05) is 24.3 Å². The number of hydrogen-bond acceptors (Lipinski definition) is 4. The van der Waals surface area contributed by atoms with E-state index in [0.717, 1.165) is 34.5 Å². The maximum Gasteiger partial charge on any atom is 0.338 e. The highest BCUT2D eigenvalue weighted by Crippen LogP contribution is 2.24. The summed E-state index contributed by atoms with van der Waals surface area (Å²) in [7, 11) is 1.96. The molecule has 2 aromatic rings. The topological polar surface area (TPSA) is 65.7 Å². The molecule has 0 saturated carbocycles. The number of rotatable bonds is 7. The van der Waals surface area contributed by atoms with Gasteiger partial charge in [0, 0.05) is 13.6 Å². The zero-order valence-corrected chi connectivity index (χ0v) is 16.3. The minimum atomic E-state index is -0.349. The molecule has 0 aliphatic rings. The van der Waals surface area contributed by atoms with Crippen LogP contribution in [0.5, 0.6) is 0 Å². The molecule has 0 saturated heterocycles. The average Bonchev–Trinajstić information content (AvgIpc) is 2.67. The van der Waals surface area contributed by atoms with Crippen LogP contribution < -0.4 is 0 Å². The van der Waals surface area contributed by atoms with Crippen molar-refractivity contribution in [3.63, 3.8) is 0 Å². The Morgan fingerprint density at radius 3 is 2.48 bits per heavy atom. The Labute approximate surface area is 160 Å². The van der Waals surface area contributed by atoms with E-state index in [1.165, 1.54) is 0 Å². The molecule has 0 amide bonds. The van der Waals surface area contributed by atoms with Crippen LogP contribution in [0.25, 0.3) is 0 Å². The van der Waals surface area contributed by atoms with Crippen molar-refractivity contribution >= 4 is 18.0 Å². The number of nitrogens with zero attached hydrogens (tertiary/aromatic N) is 3. The SMILES string of the molecule is CCN(C)C=Nc1cc(C)c(C(=O)OCc2ccc(CC#N)cc2)cc1C. The average molecular weight is 363 g/mol. The third-order valence-electron chi connectivity index (χ3n) is 4.33. The van der Waals surface area contributed by atoms with E-state index < -0.39 is 0 Å². The minimum absolute atomic E-state index is 0.200. The van der Waals surface area contributed by atoms with Crippen LogP contribution in [0.4, 0.5) is 5.69 Å². The smallest absolute Gasteiger partial charge is 0.338 e. The molecule has 5 nitrogen and oxygen atoms in total. The number of nitriles is 1. The van der Waals surface area contributed by atoms with E-state index in [9.17, 15) is 4.79 Å². The number of carbonyl (C=O) groups excluding carboxylic acids is 1. The van der Waals surface area contributed by atoms with Gasteiger partial charge in [-0.05, 0) is 55.2 Å². The summed E-state index contributed by atoms with van der Waals surface area (Å²) in [5, 5.41) is 8.70. The molecule has 140 valence electrons. The lowest BCUT2D eigenvalue weighted by molar-refractivity contribution is 0.0472. The molecule has 0 unspecified atom stereocenters. The van der Waals surface area contributed by atoms with Gasteiger partial charge in [0.05, 0.1) is 30.1 Å². The van der Waals surface area contributed by atoms with Gasteiger partial charge >= 0.3 is 5.97 Å². The van der Waals surface area contributed by atoms with Crippen LogP contribution in [0.2, 0.25) is 0 Å². The lowest BCUT2D eigenvalue weighted by Gasteiger charge is -2.12. The first-order valence-corrected chi connectivity index (χ1v) is 8.92. The van der Waals surface area contributed by atoms with Gasteiger partial charge < -0.3 is 9.64 Å². The highest BCUT2D eigenvalue weighted by atomic mass is 16.5. The van der Waals surface area contributed by atoms with E-state index in [2.05, 4.69) is 18.0 Å². The van der Waals surface area contributed by atoms with E-state index in [1.807, 2.05) is 62.2 Å². The summed E-state index contributed by atoms with van der Waals surface area (Å²) in [4.78, 5) is 18.9. The summed E-state index contributed by atoms with van der Waals surface area (Å²) in [5.74, 6) is -0.349. The Morgan fingerprint density at radius 2 is 1.85 bits per heavy atom. The molecule has 0 fully saturated rings. The lowest BCUT2D eigenvalue weighted by atomic mass is 10.0. The minimum Gasteiger partial charge on any atom is -0.457 e. The maximum atomic E-state index is 12.5. The van der Waals surface area contributed by atoms with Crippen LogP contribution in [0.3, 0.4) is 0 Å². The highest BCUT2D eigenvalue weighted by Gasteiger charge is 2.13. The summed E-state index contributed by atoms with van der Waals surface area (Å²) >= 11 is 0. The molecule has 0 aliphatic heterocycles. The van der Waals surface area contributed by atoms with Crippen LogP contribution in [0.15, 0.2) is 41.4 Å². The molecule has 0 aromatic heterocycles. The first-order chi connectivity index (χ1) is 12.9. The fourth-order valence-electron chi connectivity index (χ4n) is 2.47. The zero-order valence-electron chi connectivity index (χ0n) is 16.3. The van der Waals surface area contributed by atoms with Crippen molar-refractivity contribution in [1.82, 2.24) is 4.90 Å². The third kappa shape index (κ3) is 5.68. The quantitative estimate of drug-likeness (QED) is 0.417. The van der Waals surface area contributed by atoms with Crippen molar-refractivity contribution in [2.75, 3.05) is 13.6 Å². The van der Waals surface area contributed by atoms with Crippen molar-refractivity contribution in [3.8, 4) is 6.07 Å². The maximum absolute atomic E-state index is 12.5. The molecule has 5 heteroatoms. The Morgan fingerprint density at radius 1 is 1.19 bits per heavy atom. The van der Waals surface area contributed by atoms with Crippen LogP contribution >= 0.6 is 0 Å². The van der Waals surface area contributed by atoms with Gasteiger partial charge in [0.15, 0.2) is 0 Å². The van der Waals surface area contributed by atoms with E-state index >= 15 is 0 Å². The number of esters is 1. The summed E-state index contributed by atoms with van der Waals surface area (Å²) in [6, 6.07) is 13.3.